The minimum atomic E-state index is -4.57. The summed E-state index contributed by atoms with van der Waals surface area (Å²) < 4.78 is 38.0. The molecular weight excluding hydrogens is 353 g/mol. The van der Waals surface area contributed by atoms with E-state index in [1.807, 2.05) is 0 Å². The third-order valence-corrected chi connectivity index (χ3v) is 4.20. The van der Waals surface area contributed by atoms with E-state index < -0.39 is 17.8 Å². The van der Waals surface area contributed by atoms with Gasteiger partial charge in [-0.2, -0.15) is 18.2 Å². The van der Waals surface area contributed by atoms with Crippen molar-refractivity contribution in [2.75, 3.05) is 11.1 Å². The summed E-state index contributed by atoms with van der Waals surface area (Å²) in [7, 11) is 0. The number of anilines is 1. The number of carbonyl (C=O) groups is 1. The minimum Gasteiger partial charge on any atom is -0.492 e. The summed E-state index contributed by atoms with van der Waals surface area (Å²) in [6.07, 6.45) is -4.57. The summed E-state index contributed by atoms with van der Waals surface area (Å²) in [5, 5.41) is 11.8. The Labute approximate surface area is 137 Å². The van der Waals surface area contributed by atoms with Crippen LogP contribution in [-0.4, -0.2) is 31.7 Å². The molecule has 0 unspecified atom stereocenters. The number of thiazole rings is 1. The average molecular weight is 364 g/mol. The van der Waals surface area contributed by atoms with Gasteiger partial charge in [0.1, 0.15) is 5.69 Å². The van der Waals surface area contributed by atoms with E-state index in [9.17, 15) is 23.1 Å². The van der Waals surface area contributed by atoms with Gasteiger partial charge in [0.25, 0.3) is 0 Å². The fourth-order valence-electron chi connectivity index (χ4n) is 1.48. The van der Waals surface area contributed by atoms with E-state index in [0.717, 1.165) is 29.2 Å². The fourth-order valence-corrected chi connectivity index (χ4v) is 2.91. The van der Waals surface area contributed by atoms with Gasteiger partial charge in [0, 0.05) is 5.69 Å². The molecule has 0 bridgehead atoms. The molecule has 0 aliphatic carbocycles. The van der Waals surface area contributed by atoms with Crippen LogP contribution in [-0.2, 0) is 11.0 Å². The van der Waals surface area contributed by atoms with Crippen molar-refractivity contribution in [2.24, 2.45) is 0 Å². The van der Waals surface area contributed by atoms with Crippen LogP contribution in [0.25, 0.3) is 0 Å². The number of nitrogens with one attached hydrogen (secondary N) is 1. The Hall–Kier alpha value is -1.88. The van der Waals surface area contributed by atoms with Crippen LogP contribution in [0.1, 0.15) is 16.3 Å². The van der Waals surface area contributed by atoms with E-state index in [2.05, 4.69) is 20.3 Å². The Morgan fingerprint density at radius 2 is 2.04 bits per heavy atom. The Bertz CT molecular complexity index is 714. The molecule has 2 aromatic heterocycles. The van der Waals surface area contributed by atoms with Crippen LogP contribution in [0.5, 0.6) is 5.88 Å². The maximum absolute atomic E-state index is 12.7. The first-order valence-corrected chi connectivity index (χ1v) is 7.97. The van der Waals surface area contributed by atoms with Gasteiger partial charge in [-0.25, -0.2) is 9.97 Å². The quantitative estimate of drug-likeness (QED) is 0.641. The fraction of sp³-hybridized carbons (Fsp3) is 0.333. The van der Waals surface area contributed by atoms with Crippen molar-refractivity contribution in [2.45, 2.75) is 25.2 Å². The molecule has 2 heterocycles. The van der Waals surface area contributed by atoms with Gasteiger partial charge >= 0.3 is 6.18 Å². The Morgan fingerprint density at radius 3 is 2.61 bits per heavy atom. The van der Waals surface area contributed by atoms with Crippen LogP contribution in [0.4, 0.5) is 18.3 Å². The molecule has 124 valence electrons. The Balaban J connectivity index is 2.00. The van der Waals surface area contributed by atoms with Crippen molar-refractivity contribution in [3.63, 3.8) is 0 Å². The number of aryl methyl sites for hydroxylation is 2. The standard InChI is InChI=1S/C12H11F3N4O2S2/c1-5-3-7(12(13,14)15)17-10(16-5)22-4-8(20)18-11-19-9(21)6(2)23-11/h3,21H,4H2,1-2H3,(H,18,19,20). The molecule has 23 heavy (non-hydrogen) atoms. The molecule has 0 aromatic carbocycles. The van der Waals surface area contributed by atoms with Crippen LogP contribution in [0, 0.1) is 13.8 Å². The predicted molar refractivity (Wildman–Crippen MR) is 79.6 cm³/mol. The molecule has 1 amide bonds. The first kappa shape index (κ1) is 17.5. The number of halogens is 3. The van der Waals surface area contributed by atoms with Gasteiger partial charge in [0.2, 0.25) is 11.8 Å². The third-order valence-electron chi connectivity index (χ3n) is 2.47. The number of hydrogen-bond donors (Lipinski definition) is 2. The highest BCUT2D eigenvalue weighted by atomic mass is 32.2. The third kappa shape index (κ3) is 4.79. The summed E-state index contributed by atoms with van der Waals surface area (Å²) in [5.41, 5.74) is -0.885. The molecule has 0 fully saturated rings. The maximum atomic E-state index is 12.7. The van der Waals surface area contributed by atoms with Gasteiger partial charge in [-0.3, -0.25) is 4.79 Å². The second kappa shape index (κ2) is 6.71. The highest BCUT2D eigenvalue weighted by molar-refractivity contribution is 7.99. The lowest BCUT2D eigenvalue weighted by Crippen LogP contribution is -2.15. The van der Waals surface area contributed by atoms with Crippen molar-refractivity contribution in [3.05, 3.63) is 22.3 Å². The molecule has 0 atom stereocenters. The van der Waals surface area contributed by atoms with E-state index in [-0.39, 0.29) is 27.6 Å². The van der Waals surface area contributed by atoms with Crippen LogP contribution < -0.4 is 5.32 Å². The second-order valence-electron chi connectivity index (χ2n) is 4.41. The van der Waals surface area contributed by atoms with Crippen molar-refractivity contribution in [1.29, 1.82) is 0 Å². The van der Waals surface area contributed by atoms with E-state index >= 15 is 0 Å². The highest BCUT2D eigenvalue weighted by Crippen LogP contribution is 2.29. The largest absolute Gasteiger partial charge is 0.492 e. The van der Waals surface area contributed by atoms with Crippen molar-refractivity contribution in [1.82, 2.24) is 15.0 Å². The number of carbonyl (C=O) groups excluding carboxylic acids is 1. The molecule has 0 radical (unpaired) electrons. The van der Waals surface area contributed by atoms with Gasteiger partial charge in [-0.1, -0.05) is 23.1 Å². The SMILES string of the molecule is Cc1cc(C(F)(F)F)nc(SCC(=O)Nc2nc(O)c(C)s2)n1. The molecule has 0 aliphatic rings. The van der Waals surface area contributed by atoms with Gasteiger partial charge in [0.15, 0.2) is 10.3 Å². The first-order valence-electron chi connectivity index (χ1n) is 6.17. The van der Waals surface area contributed by atoms with E-state index in [1.165, 1.54) is 6.92 Å². The van der Waals surface area contributed by atoms with Crippen molar-refractivity contribution in [3.8, 4) is 5.88 Å². The molecule has 0 spiro atoms. The zero-order valence-corrected chi connectivity index (χ0v) is 13.6. The summed E-state index contributed by atoms with van der Waals surface area (Å²) in [6.45, 7) is 3.05. The molecule has 2 aromatic rings. The monoisotopic (exact) mass is 364 g/mol. The molecule has 2 rings (SSSR count). The van der Waals surface area contributed by atoms with E-state index in [1.54, 1.807) is 6.92 Å². The summed E-state index contributed by atoms with van der Waals surface area (Å²) in [5.74, 6) is -0.836. The second-order valence-corrected chi connectivity index (χ2v) is 6.56. The van der Waals surface area contributed by atoms with Crippen LogP contribution in [0.3, 0.4) is 0 Å². The molecule has 6 nitrogen and oxygen atoms in total. The normalized spacial score (nSPS) is 11.5. The smallest absolute Gasteiger partial charge is 0.433 e. The number of nitrogens with zero attached hydrogens (tertiary/aromatic N) is 3. The first-order chi connectivity index (χ1) is 10.6. The molecular formula is C12H11F3N4O2S2. The highest BCUT2D eigenvalue weighted by Gasteiger charge is 2.33. The molecule has 11 heteroatoms. The molecule has 0 saturated carbocycles. The van der Waals surface area contributed by atoms with E-state index in [4.69, 9.17) is 0 Å². The Morgan fingerprint density at radius 1 is 1.35 bits per heavy atom. The average Bonchev–Trinajstić information content (AvgIpc) is 2.73. The number of aromatic hydroxyl groups is 1. The Kier molecular flexibility index (Phi) is 5.09. The molecule has 2 N–H and O–H groups in total. The zero-order chi connectivity index (χ0) is 17.2. The summed E-state index contributed by atoms with van der Waals surface area (Å²) in [4.78, 5) is 23.3. The minimum absolute atomic E-state index is 0.134. The van der Waals surface area contributed by atoms with Crippen LogP contribution >= 0.6 is 23.1 Å². The van der Waals surface area contributed by atoms with Crippen LogP contribution in [0.2, 0.25) is 0 Å². The van der Waals surface area contributed by atoms with Gasteiger partial charge in [-0.05, 0) is 19.9 Å². The predicted octanol–water partition coefficient (Wildman–Crippen LogP) is 3.01. The lowest BCUT2D eigenvalue weighted by molar-refractivity contribution is -0.141. The van der Waals surface area contributed by atoms with Crippen molar-refractivity contribution < 1.29 is 23.1 Å². The van der Waals surface area contributed by atoms with Crippen molar-refractivity contribution >= 4 is 34.1 Å². The number of amides is 1. The summed E-state index contributed by atoms with van der Waals surface area (Å²) in [6, 6.07) is 0.839. The number of alkyl halides is 3. The summed E-state index contributed by atoms with van der Waals surface area (Å²) >= 11 is 1.87. The maximum Gasteiger partial charge on any atom is 0.433 e. The molecule has 0 aliphatic heterocycles. The molecule has 0 saturated heterocycles. The number of hydrogen-bond acceptors (Lipinski definition) is 7. The van der Waals surface area contributed by atoms with Gasteiger partial charge in [0.05, 0.1) is 10.6 Å². The number of thioether (sulfide) groups is 1. The lowest BCUT2D eigenvalue weighted by atomic mass is 10.3. The number of aromatic nitrogens is 3. The number of rotatable bonds is 4. The van der Waals surface area contributed by atoms with Gasteiger partial charge in [-0.15, -0.1) is 0 Å². The topological polar surface area (TPSA) is 88.0 Å². The van der Waals surface area contributed by atoms with E-state index in [0.29, 0.717) is 4.88 Å². The zero-order valence-electron chi connectivity index (χ0n) is 11.9. The van der Waals surface area contributed by atoms with Crippen LogP contribution in [0.15, 0.2) is 11.2 Å². The lowest BCUT2D eigenvalue weighted by Gasteiger charge is -2.08. The van der Waals surface area contributed by atoms with Gasteiger partial charge < -0.3 is 10.4 Å².